The normalized spacial score (nSPS) is 15.0. The van der Waals surface area contributed by atoms with Crippen LogP contribution in [0.15, 0.2) is 54.6 Å². The fourth-order valence-electron chi connectivity index (χ4n) is 3.92. The van der Waals surface area contributed by atoms with E-state index in [-0.39, 0.29) is 24.8 Å². The maximum absolute atomic E-state index is 6.17. The summed E-state index contributed by atoms with van der Waals surface area (Å²) >= 11 is 0. The van der Waals surface area contributed by atoms with E-state index < -0.39 is 0 Å². The molecule has 160 valence electrons. The van der Waals surface area contributed by atoms with Crippen LogP contribution in [0.4, 0.5) is 0 Å². The molecule has 1 N–H and O–H groups in total. The lowest BCUT2D eigenvalue weighted by Crippen LogP contribution is -2.45. The van der Waals surface area contributed by atoms with E-state index >= 15 is 0 Å². The number of benzene rings is 2. The second kappa shape index (κ2) is 12.2. The van der Waals surface area contributed by atoms with E-state index in [9.17, 15) is 0 Å². The van der Waals surface area contributed by atoms with Gasteiger partial charge in [0.1, 0.15) is 12.4 Å². The second-order valence-corrected chi connectivity index (χ2v) is 7.72. The highest BCUT2D eigenvalue weighted by Crippen LogP contribution is 2.33. The quantitative estimate of drug-likeness (QED) is 0.568. The Kier molecular flexibility index (Phi) is 10.8. The number of hydrogen-bond donors (Lipinski definition) is 1. The second-order valence-electron chi connectivity index (χ2n) is 7.72. The molecule has 1 saturated heterocycles. The molecule has 0 saturated carbocycles. The van der Waals surface area contributed by atoms with Crippen molar-refractivity contribution >= 4 is 24.8 Å². The minimum absolute atomic E-state index is 0. The standard InChI is InChI=1S/C24H32N2O.2ClH/c1-18(2)14-23(26-12-10-25-11-13-26)22-15-19(3)24(20(4)16-22)27-17-21-8-6-5-7-9-21;;/h5-9,15-16,23,25H,1,10-14,17H2,2-4H3;2*1H/t23-;;/m0../s1. The summed E-state index contributed by atoms with van der Waals surface area (Å²) < 4.78 is 6.17. The number of nitrogens with one attached hydrogen (secondary N) is 1. The van der Waals surface area contributed by atoms with Crippen molar-refractivity contribution < 1.29 is 4.74 Å². The summed E-state index contributed by atoms with van der Waals surface area (Å²) in [6.45, 7) is 15.5. The topological polar surface area (TPSA) is 24.5 Å². The summed E-state index contributed by atoms with van der Waals surface area (Å²) in [6.07, 6.45) is 1.00. The van der Waals surface area contributed by atoms with Crippen molar-refractivity contribution in [2.45, 2.75) is 39.8 Å². The number of hydrogen-bond acceptors (Lipinski definition) is 3. The number of rotatable bonds is 7. The molecule has 3 nitrogen and oxygen atoms in total. The first-order chi connectivity index (χ1) is 13.0. The molecule has 1 heterocycles. The summed E-state index contributed by atoms with van der Waals surface area (Å²) in [4.78, 5) is 2.59. The molecular formula is C24H34Cl2N2O. The van der Waals surface area contributed by atoms with Gasteiger partial charge in [0, 0.05) is 32.2 Å². The number of nitrogens with zero attached hydrogens (tertiary/aromatic N) is 1. The van der Waals surface area contributed by atoms with Crippen molar-refractivity contribution in [1.29, 1.82) is 0 Å². The first-order valence-corrected chi connectivity index (χ1v) is 9.91. The molecule has 2 aromatic rings. The van der Waals surface area contributed by atoms with Crippen LogP contribution in [-0.2, 0) is 6.61 Å². The highest BCUT2D eigenvalue weighted by atomic mass is 35.5. The van der Waals surface area contributed by atoms with Crippen LogP contribution in [0.3, 0.4) is 0 Å². The Morgan fingerprint density at radius 2 is 1.66 bits per heavy atom. The van der Waals surface area contributed by atoms with E-state index in [1.807, 2.05) is 6.07 Å². The van der Waals surface area contributed by atoms with E-state index in [2.05, 4.69) is 74.0 Å². The monoisotopic (exact) mass is 436 g/mol. The average molecular weight is 437 g/mol. The molecule has 5 heteroatoms. The Morgan fingerprint density at radius 3 is 2.21 bits per heavy atom. The molecule has 1 aliphatic heterocycles. The van der Waals surface area contributed by atoms with Gasteiger partial charge in [-0.2, -0.15) is 0 Å². The van der Waals surface area contributed by atoms with Gasteiger partial charge in [-0.05, 0) is 49.4 Å². The van der Waals surface area contributed by atoms with Gasteiger partial charge in [-0.1, -0.05) is 48.0 Å². The fourth-order valence-corrected chi connectivity index (χ4v) is 3.92. The lowest BCUT2D eigenvalue weighted by molar-refractivity contribution is 0.172. The largest absolute Gasteiger partial charge is 0.488 e. The van der Waals surface area contributed by atoms with Gasteiger partial charge in [0.15, 0.2) is 0 Å². The van der Waals surface area contributed by atoms with Gasteiger partial charge in [-0.15, -0.1) is 31.4 Å². The van der Waals surface area contributed by atoms with Gasteiger partial charge in [-0.25, -0.2) is 0 Å². The maximum atomic E-state index is 6.17. The molecule has 3 rings (SSSR count). The fraction of sp³-hybridized carbons (Fsp3) is 0.417. The van der Waals surface area contributed by atoms with Crippen molar-refractivity contribution in [2.75, 3.05) is 26.2 Å². The Bertz CT molecular complexity index is 751. The van der Waals surface area contributed by atoms with E-state index in [1.165, 1.54) is 27.8 Å². The van der Waals surface area contributed by atoms with Gasteiger partial charge in [0.05, 0.1) is 0 Å². The van der Waals surface area contributed by atoms with Crippen molar-refractivity contribution in [3.05, 3.63) is 76.9 Å². The van der Waals surface area contributed by atoms with Crippen LogP contribution in [0.1, 0.15) is 41.6 Å². The Hall–Kier alpha value is -1.52. The maximum Gasteiger partial charge on any atom is 0.125 e. The van der Waals surface area contributed by atoms with Gasteiger partial charge in [0.2, 0.25) is 0 Å². The Labute approximate surface area is 188 Å². The van der Waals surface area contributed by atoms with Crippen LogP contribution in [0, 0.1) is 13.8 Å². The summed E-state index contributed by atoms with van der Waals surface area (Å²) in [6, 6.07) is 15.4. The first-order valence-electron chi connectivity index (χ1n) is 9.91. The predicted octanol–water partition coefficient (Wildman–Crippen LogP) is 5.64. The summed E-state index contributed by atoms with van der Waals surface area (Å²) in [5.74, 6) is 1.01. The molecule has 1 aliphatic rings. The van der Waals surface area contributed by atoms with Crippen molar-refractivity contribution in [2.24, 2.45) is 0 Å². The van der Waals surface area contributed by atoms with E-state index in [0.29, 0.717) is 12.6 Å². The molecule has 0 aromatic heterocycles. The first kappa shape index (κ1) is 25.5. The van der Waals surface area contributed by atoms with Crippen molar-refractivity contribution in [1.82, 2.24) is 10.2 Å². The zero-order valence-electron chi connectivity index (χ0n) is 17.7. The van der Waals surface area contributed by atoms with Gasteiger partial charge in [-0.3, -0.25) is 4.90 Å². The van der Waals surface area contributed by atoms with E-state index in [1.54, 1.807) is 0 Å². The minimum atomic E-state index is 0. The molecule has 1 fully saturated rings. The van der Waals surface area contributed by atoms with Gasteiger partial charge in [0.25, 0.3) is 0 Å². The van der Waals surface area contributed by atoms with E-state index in [0.717, 1.165) is 38.3 Å². The van der Waals surface area contributed by atoms with Crippen LogP contribution in [0.5, 0.6) is 5.75 Å². The zero-order chi connectivity index (χ0) is 19.2. The molecule has 29 heavy (non-hydrogen) atoms. The van der Waals surface area contributed by atoms with Crippen LogP contribution < -0.4 is 10.1 Å². The molecule has 0 aliphatic carbocycles. The number of aryl methyl sites for hydroxylation is 2. The summed E-state index contributed by atoms with van der Waals surface area (Å²) in [5.41, 5.74) is 6.23. The van der Waals surface area contributed by atoms with Gasteiger partial charge >= 0.3 is 0 Å². The predicted molar refractivity (Wildman–Crippen MR) is 128 cm³/mol. The van der Waals surface area contributed by atoms with Crippen molar-refractivity contribution in [3.63, 3.8) is 0 Å². The van der Waals surface area contributed by atoms with Crippen LogP contribution in [0.2, 0.25) is 0 Å². The Balaban J connectivity index is 0.00000210. The highest BCUT2D eigenvalue weighted by Gasteiger charge is 2.23. The minimum Gasteiger partial charge on any atom is -0.488 e. The summed E-state index contributed by atoms with van der Waals surface area (Å²) in [5, 5.41) is 3.45. The molecule has 1 atom stereocenters. The van der Waals surface area contributed by atoms with Crippen LogP contribution in [0.25, 0.3) is 0 Å². The zero-order valence-corrected chi connectivity index (χ0v) is 19.4. The molecule has 2 aromatic carbocycles. The summed E-state index contributed by atoms with van der Waals surface area (Å²) in [7, 11) is 0. The molecule has 0 unspecified atom stereocenters. The molecule has 0 amide bonds. The smallest absolute Gasteiger partial charge is 0.125 e. The average Bonchev–Trinajstić information content (AvgIpc) is 2.66. The van der Waals surface area contributed by atoms with E-state index in [4.69, 9.17) is 4.74 Å². The van der Waals surface area contributed by atoms with Gasteiger partial charge < -0.3 is 10.1 Å². The molecule has 0 radical (unpaired) electrons. The molecular weight excluding hydrogens is 403 g/mol. The third-order valence-corrected chi connectivity index (χ3v) is 5.23. The SMILES string of the molecule is C=C(C)C[C@@H](c1cc(C)c(OCc2ccccc2)c(C)c1)N1CCNCC1.Cl.Cl. The molecule has 0 bridgehead atoms. The Morgan fingerprint density at radius 1 is 1.07 bits per heavy atom. The number of ether oxygens (including phenoxy) is 1. The lowest BCUT2D eigenvalue weighted by atomic mass is 9.94. The van der Waals surface area contributed by atoms with Crippen molar-refractivity contribution in [3.8, 4) is 5.75 Å². The number of halogens is 2. The third-order valence-electron chi connectivity index (χ3n) is 5.23. The lowest BCUT2D eigenvalue weighted by Gasteiger charge is -2.36. The van der Waals surface area contributed by atoms with Crippen LogP contribution in [-0.4, -0.2) is 31.1 Å². The highest BCUT2D eigenvalue weighted by molar-refractivity contribution is 5.85. The third kappa shape index (κ3) is 7.04. The number of piperazine rings is 1. The molecule has 0 spiro atoms. The van der Waals surface area contributed by atoms with Crippen LogP contribution >= 0.6 is 24.8 Å².